The molecule has 1 aromatic rings. The molecule has 1 heterocycles. The standard InChI is InChI=1S/C23H36FN5O.HI/c1-3-25-23(27-17-19-8-9-21(24)18(2)16-19)26-10-11-28-12-14-29(15-13-28)22(30)20-6-4-5-7-20;/h8-9,16,20H,3-7,10-15,17H2,1-2H3,(H2,25,26,27);1H. The van der Waals surface area contributed by atoms with Crippen LogP contribution in [0, 0.1) is 18.7 Å². The second kappa shape index (κ2) is 13.2. The fraction of sp³-hybridized carbons (Fsp3) is 0.652. The van der Waals surface area contributed by atoms with Gasteiger partial charge in [-0.15, -0.1) is 24.0 Å². The average molecular weight is 545 g/mol. The number of amides is 1. The zero-order chi connectivity index (χ0) is 21.3. The molecule has 2 aliphatic rings. The summed E-state index contributed by atoms with van der Waals surface area (Å²) in [6.45, 7) is 10.4. The lowest BCUT2D eigenvalue weighted by Crippen LogP contribution is -2.51. The molecular formula is C23H37FIN5O. The van der Waals surface area contributed by atoms with Crippen LogP contribution in [0.4, 0.5) is 4.39 Å². The Morgan fingerprint density at radius 1 is 1.16 bits per heavy atom. The summed E-state index contributed by atoms with van der Waals surface area (Å²) in [4.78, 5) is 21.6. The van der Waals surface area contributed by atoms with Gasteiger partial charge in [-0.05, 0) is 43.9 Å². The maximum Gasteiger partial charge on any atom is 0.225 e. The van der Waals surface area contributed by atoms with Gasteiger partial charge in [-0.1, -0.05) is 25.0 Å². The van der Waals surface area contributed by atoms with Gasteiger partial charge in [-0.3, -0.25) is 9.69 Å². The van der Waals surface area contributed by atoms with Gasteiger partial charge < -0.3 is 15.5 Å². The summed E-state index contributed by atoms with van der Waals surface area (Å²) in [7, 11) is 0. The lowest BCUT2D eigenvalue weighted by Gasteiger charge is -2.36. The number of nitrogens with one attached hydrogen (secondary N) is 2. The molecule has 1 saturated carbocycles. The minimum atomic E-state index is -0.183. The zero-order valence-electron chi connectivity index (χ0n) is 18.8. The molecule has 1 saturated heterocycles. The van der Waals surface area contributed by atoms with Crippen molar-refractivity contribution in [2.75, 3.05) is 45.8 Å². The average Bonchev–Trinajstić information content (AvgIpc) is 3.29. The molecule has 0 unspecified atom stereocenters. The van der Waals surface area contributed by atoms with E-state index in [9.17, 15) is 9.18 Å². The van der Waals surface area contributed by atoms with E-state index >= 15 is 0 Å². The van der Waals surface area contributed by atoms with Crippen molar-refractivity contribution in [2.45, 2.75) is 46.1 Å². The Hall–Kier alpha value is -1.42. The molecule has 174 valence electrons. The second-order valence-corrected chi connectivity index (χ2v) is 8.35. The van der Waals surface area contributed by atoms with E-state index in [2.05, 4.69) is 25.4 Å². The highest BCUT2D eigenvalue weighted by atomic mass is 127. The predicted octanol–water partition coefficient (Wildman–Crippen LogP) is 3.14. The Bertz CT molecular complexity index is 731. The van der Waals surface area contributed by atoms with Crippen LogP contribution >= 0.6 is 24.0 Å². The molecule has 2 N–H and O–H groups in total. The molecule has 31 heavy (non-hydrogen) atoms. The third-order valence-corrected chi connectivity index (χ3v) is 6.10. The third kappa shape index (κ3) is 7.89. The molecule has 0 aromatic heterocycles. The van der Waals surface area contributed by atoms with Gasteiger partial charge in [-0.2, -0.15) is 0 Å². The number of aryl methyl sites for hydroxylation is 1. The van der Waals surface area contributed by atoms with E-state index < -0.39 is 0 Å². The maximum atomic E-state index is 13.4. The summed E-state index contributed by atoms with van der Waals surface area (Å²) < 4.78 is 13.4. The van der Waals surface area contributed by atoms with Crippen LogP contribution in [0.5, 0.6) is 0 Å². The molecule has 1 aromatic carbocycles. The van der Waals surface area contributed by atoms with E-state index in [4.69, 9.17) is 0 Å². The molecular weight excluding hydrogens is 508 g/mol. The highest BCUT2D eigenvalue weighted by molar-refractivity contribution is 14.0. The minimum Gasteiger partial charge on any atom is -0.357 e. The van der Waals surface area contributed by atoms with Crippen molar-refractivity contribution in [2.24, 2.45) is 10.9 Å². The number of hydrogen-bond donors (Lipinski definition) is 2. The fourth-order valence-electron chi connectivity index (χ4n) is 4.27. The molecule has 2 fully saturated rings. The van der Waals surface area contributed by atoms with E-state index in [0.29, 0.717) is 18.0 Å². The van der Waals surface area contributed by atoms with E-state index in [0.717, 1.165) is 70.2 Å². The largest absolute Gasteiger partial charge is 0.357 e. The number of nitrogens with zero attached hydrogens (tertiary/aromatic N) is 3. The first-order valence-corrected chi connectivity index (χ1v) is 11.3. The van der Waals surface area contributed by atoms with Gasteiger partial charge in [0, 0.05) is 51.7 Å². The molecule has 1 aliphatic carbocycles. The van der Waals surface area contributed by atoms with Gasteiger partial charge in [0.1, 0.15) is 5.82 Å². The molecule has 0 atom stereocenters. The Labute approximate surface area is 203 Å². The van der Waals surface area contributed by atoms with E-state index in [1.807, 2.05) is 13.0 Å². The van der Waals surface area contributed by atoms with Crippen molar-refractivity contribution in [3.63, 3.8) is 0 Å². The minimum absolute atomic E-state index is 0. The van der Waals surface area contributed by atoms with Gasteiger partial charge in [0.2, 0.25) is 5.91 Å². The van der Waals surface area contributed by atoms with Crippen molar-refractivity contribution in [3.05, 3.63) is 35.1 Å². The number of carbonyl (C=O) groups is 1. The Balaban J connectivity index is 0.00000341. The van der Waals surface area contributed by atoms with E-state index in [1.165, 1.54) is 18.9 Å². The number of piperazine rings is 1. The zero-order valence-corrected chi connectivity index (χ0v) is 21.2. The van der Waals surface area contributed by atoms with Crippen LogP contribution in [0.25, 0.3) is 0 Å². The van der Waals surface area contributed by atoms with Crippen LogP contribution in [0.3, 0.4) is 0 Å². The molecule has 3 rings (SSSR count). The maximum absolute atomic E-state index is 13.4. The van der Waals surface area contributed by atoms with Crippen LogP contribution in [0.2, 0.25) is 0 Å². The number of hydrogen-bond acceptors (Lipinski definition) is 3. The summed E-state index contributed by atoms with van der Waals surface area (Å²) in [6.07, 6.45) is 4.57. The third-order valence-electron chi connectivity index (χ3n) is 6.10. The van der Waals surface area contributed by atoms with Crippen LogP contribution in [-0.2, 0) is 11.3 Å². The molecule has 6 nitrogen and oxygen atoms in total. The molecule has 0 spiro atoms. The van der Waals surface area contributed by atoms with Crippen LogP contribution in [-0.4, -0.2) is 67.5 Å². The molecule has 0 radical (unpaired) electrons. The summed E-state index contributed by atoms with van der Waals surface area (Å²) in [5.74, 6) is 1.25. The van der Waals surface area contributed by atoms with Gasteiger partial charge in [0.15, 0.2) is 5.96 Å². The van der Waals surface area contributed by atoms with Crippen molar-refractivity contribution in [1.29, 1.82) is 0 Å². The smallest absolute Gasteiger partial charge is 0.225 e. The summed E-state index contributed by atoms with van der Waals surface area (Å²) in [5.41, 5.74) is 1.64. The highest BCUT2D eigenvalue weighted by Crippen LogP contribution is 2.26. The van der Waals surface area contributed by atoms with Crippen LogP contribution in [0.15, 0.2) is 23.2 Å². The lowest BCUT2D eigenvalue weighted by atomic mass is 10.1. The van der Waals surface area contributed by atoms with Gasteiger partial charge >= 0.3 is 0 Å². The van der Waals surface area contributed by atoms with Crippen LogP contribution in [0.1, 0.15) is 43.7 Å². The molecule has 8 heteroatoms. The Morgan fingerprint density at radius 3 is 2.52 bits per heavy atom. The fourth-order valence-corrected chi connectivity index (χ4v) is 4.27. The monoisotopic (exact) mass is 545 g/mol. The SMILES string of the molecule is CCNC(=NCc1ccc(F)c(C)c1)NCCN1CCN(C(=O)C2CCCC2)CC1.I. The molecule has 0 bridgehead atoms. The molecule has 1 aliphatic heterocycles. The first-order chi connectivity index (χ1) is 14.6. The van der Waals surface area contributed by atoms with Gasteiger partial charge in [-0.25, -0.2) is 9.38 Å². The van der Waals surface area contributed by atoms with Crippen molar-refractivity contribution >= 4 is 35.8 Å². The van der Waals surface area contributed by atoms with E-state index in [-0.39, 0.29) is 35.7 Å². The normalized spacial score (nSPS) is 18.0. The highest BCUT2D eigenvalue weighted by Gasteiger charge is 2.29. The second-order valence-electron chi connectivity index (χ2n) is 8.35. The van der Waals surface area contributed by atoms with Gasteiger partial charge in [0.05, 0.1) is 6.54 Å². The molecule has 1 amide bonds. The lowest BCUT2D eigenvalue weighted by molar-refractivity contribution is -0.137. The number of aliphatic imine (C=N–C) groups is 1. The van der Waals surface area contributed by atoms with Crippen LogP contribution < -0.4 is 10.6 Å². The van der Waals surface area contributed by atoms with Crippen molar-refractivity contribution in [3.8, 4) is 0 Å². The number of benzene rings is 1. The Morgan fingerprint density at radius 2 is 1.87 bits per heavy atom. The topological polar surface area (TPSA) is 60.0 Å². The Kier molecular flexibility index (Phi) is 11.0. The summed E-state index contributed by atoms with van der Waals surface area (Å²) in [5, 5.41) is 6.65. The summed E-state index contributed by atoms with van der Waals surface area (Å²) >= 11 is 0. The van der Waals surface area contributed by atoms with Crippen molar-refractivity contribution < 1.29 is 9.18 Å². The predicted molar refractivity (Wildman–Crippen MR) is 134 cm³/mol. The summed E-state index contributed by atoms with van der Waals surface area (Å²) in [6, 6.07) is 5.12. The van der Waals surface area contributed by atoms with Gasteiger partial charge in [0.25, 0.3) is 0 Å². The number of rotatable bonds is 7. The first-order valence-electron chi connectivity index (χ1n) is 11.3. The number of carbonyl (C=O) groups excluding carboxylic acids is 1. The van der Waals surface area contributed by atoms with Crippen molar-refractivity contribution in [1.82, 2.24) is 20.4 Å². The number of guanidine groups is 1. The quantitative estimate of drug-likeness (QED) is 0.314. The first kappa shape index (κ1) is 25.8. The number of halogens is 2. The van der Waals surface area contributed by atoms with E-state index in [1.54, 1.807) is 13.0 Å².